The Labute approximate surface area is 207 Å². The quantitative estimate of drug-likeness (QED) is 0.512. The number of hydrogen-bond acceptors (Lipinski definition) is 4. The van der Waals surface area contributed by atoms with Crippen LogP contribution in [0.3, 0.4) is 0 Å². The average molecular weight is 499 g/mol. The molecule has 0 spiro atoms. The van der Waals surface area contributed by atoms with Crippen molar-refractivity contribution in [3.63, 3.8) is 0 Å². The van der Waals surface area contributed by atoms with Crippen LogP contribution in [0.2, 0.25) is 5.02 Å². The third kappa shape index (κ3) is 3.41. The summed E-state index contributed by atoms with van der Waals surface area (Å²) in [5.74, 6) is -0.533. The van der Waals surface area contributed by atoms with Gasteiger partial charge in [0.1, 0.15) is 17.4 Å². The number of aromatic nitrogens is 1. The molecule has 4 aliphatic rings. The molecule has 35 heavy (non-hydrogen) atoms. The SMILES string of the molecule is C[C@@]12Cc3c([nH]c4cc(F)c(Cl)cc34)[C@@H](C3=CCCC(O)=C3)N1C(=O)N(CCNC1CCC1)C2=O. The molecule has 9 heteroatoms. The topological polar surface area (TPSA) is 88.7 Å². The van der Waals surface area contributed by atoms with Crippen molar-refractivity contribution in [3.8, 4) is 0 Å². The van der Waals surface area contributed by atoms with Gasteiger partial charge in [-0.25, -0.2) is 9.18 Å². The number of benzene rings is 1. The standard InChI is InChI=1S/C26H28ClFN4O3/c1-26-13-18-17-11-19(27)20(28)12-21(17)30-22(18)23(14-4-2-7-16(33)10-14)32(26)25(35)31(24(26)34)9-8-29-15-5-3-6-15/h4,10-12,15,23,29-30,33H,2-3,5-9,13H2,1H3/t23-,26+/m1/s1. The number of halogens is 2. The minimum absolute atomic E-state index is 0.00961. The van der Waals surface area contributed by atoms with Crippen molar-refractivity contribution in [1.29, 1.82) is 0 Å². The van der Waals surface area contributed by atoms with Gasteiger partial charge in [0, 0.05) is 48.6 Å². The number of rotatable bonds is 5. The number of urea groups is 1. The van der Waals surface area contributed by atoms with E-state index in [-0.39, 0.29) is 22.7 Å². The van der Waals surface area contributed by atoms with E-state index < -0.39 is 17.4 Å². The van der Waals surface area contributed by atoms with Crippen LogP contribution in [0.25, 0.3) is 10.9 Å². The van der Waals surface area contributed by atoms with Crippen molar-refractivity contribution in [2.45, 2.75) is 63.1 Å². The molecule has 0 unspecified atom stereocenters. The van der Waals surface area contributed by atoms with E-state index in [1.807, 2.05) is 6.08 Å². The van der Waals surface area contributed by atoms with Gasteiger partial charge in [0.05, 0.1) is 10.8 Å². The number of imide groups is 1. The largest absolute Gasteiger partial charge is 0.512 e. The van der Waals surface area contributed by atoms with Crippen molar-refractivity contribution in [2.24, 2.45) is 0 Å². The maximum atomic E-state index is 14.3. The number of carbonyl (C=O) groups excluding carboxylic acids is 2. The molecule has 2 aliphatic carbocycles. The van der Waals surface area contributed by atoms with Crippen molar-refractivity contribution in [2.75, 3.05) is 13.1 Å². The first-order valence-corrected chi connectivity index (χ1v) is 12.6. The molecular weight excluding hydrogens is 471 g/mol. The fraction of sp³-hybridized carbons (Fsp3) is 0.462. The first kappa shape index (κ1) is 22.6. The summed E-state index contributed by atoms with van der Waals surface area (Å²) in [5, 5.41) is 14.5. The number of aromatic amines is 1. The van der Waals surface area contributed by atoms with E-state index in [1.54, 1.807) is 24.0 Å². The molecule has 3 amide bonds. The maximum absolute atomic E-state index is 14.3. The highest BCUT2D eigenvalue weighted by Crippen LogP contribution is 2.50. The lowest BCUT2D eigenvalue weighted by molar-refractivity contribution is -0.133. The summed E-state index contributed by atoms with van der Waals surface area (Å²) in [7, 11) is 0. The molecule has 2 atom stereocenters. The molecule has 6 rings (SSSR count). The monoisotopic (exact) mass is 498 g/mol. The molecule has 1 saturated heterocycles. The Kier molecular flexibility index (Phi) is 5.23. The summed E-state index contributed by atoms with van der Waals surface area (Å²) in [6.07, 6.45) is 8.60. The molecule has 3 N–H and O–H groups in total. The third-order valence-electron chi connectivity index (χ3n) is 8.01. The molecule has 2 aliphatic heterocycles. The van der Waals surface area contributed by atoms with Crippen LogP contribution in [0.15, 0.2) is 35.6 Å². The van der Waals surface area contributed by atoms with Crippen LogP contribution in [0.1, 0.15) is 56.3 Å². The Balaban J connectivity index is 1.44. The Morgan fingerprint density at radius 2 is 2.11 bits per heavy atom. The third-order valence-corrected chi connectivity index (χ3v) is 8.30. The lowest BCUT2D eigenvalue weighted by Gasteiger charge is -2.43. The van der Waals surface area contributed by atoms with Crippen LogP contribution < -0.4 is 5.32 Å². The zero-order valence-corrected chi connectivity index (χ0v) is 20.3. The fourth-order valence-corrected chi connectivity index (χ4v) is 6.11. The van der Waals surface area contributed by atoms with Gasteiger partial charge >= 0.3 is 6.03 Å². The summed E-state index contributed by atoms with van der Waals surface area (Å²) < 4.78 is 14.3. The van der Waals surface area contributed by atoms with E-state index in [0.29, 0.717) is 43.9 Å². The molecule has 1 aromatic carbocycles. The number of fused-ring (bicyclic) bond motifs is 4. The molecule has 0 bridgehead atoms. The van der Waals surface area contributed by atoms with Gasteiger partial charge in [0.2, 0.25) is 0 Å². The van der Waals surface area contributed by atoms with E-state index in [0.717, 1.165) is 35.1 Å². The normalized spacial score (nSPS) is 26.5. The van der Waals surface area contributed by atoms with E-state index >= 15 is 0 Å². The maximum Gasteiger partial charge on any atom is 0.328 e. The van der Waals surface area contributed by atoms with Gasteiger partial charge in [-0.3, -0.25) is 14.6 Å². The second kappa shape index (κ2) is 8.10. The lowest BCUT2D eigenvalue weighted by atomic mass is 9.80. The summed E-state index contributed by atoms with van der Waals surface area (Å²) in [4.78, 5) is 33.9. The minimum Gasteiger partial charge on any atom is -0.512 e. The first-order chi connectivity index (χ1) is 16.8. The predicted molar refractivity (Wildman–Crippen MR) is 131 cm³/mol. The summed E-state index contributed by atoms with van der Waals surface area (Å²) >= 11 is 6.12. The minimum atomic E-state index is -1.11. The number of nitrogens with one attached hydrogen (secondary N) is 2. The lowest BCUT2D eigenvalue weighted by Crippen LogP contribution is -2.53. The Hall–Kier alpha value is -2.84. The van der Waals surface area contributed by atoms with Gasteiger partial charge in [-0.15, -0.1) is 0 Å². The van der Waals surface area contributed by atoms with Gasteiger partial charge in [-0.2, -0.15) is 0 Å². The van der Waals surface area contributed by atoms with Crippen LogP contribution in [0.4, 0.5) is 9.18 Å². The van der Waals surface area contributed by atoms with Crippen molar-refractivity contribution in [1.82, 2.24) is 20.1 Å². The number of allylic oxidation sites excluding steroid dienone is 2. The molecule has 1 saturated carbocycles. The molecule has 1 aromatic heterocycles. The fourth-order valence-electron chi connectivity index (χ4n) is 5.95. The zero-order chi connectivity index (χ0) is 24.5. The van der Waals surface area contributed by atoms with Crippen molar-refractivity contribution >= 4 is 34.4 Å². The van der Waals surface area contributed by atoms with E-state index in [4.69, 9.17) is 11.6 Å². The van der Waals surface area contributed by atoms with Gasteiger partial charge in [0.25, 0.3) is 5.91 Å². The van der Waals surface area contributed by atoms with Gasteiger partial charge < -0.3 is 15.4 Å². The highest BCUT2D eigenvalue weighted by Gasteiger charge is 2.60. The number of nitrogens with zero attached hydrogens (tertiary/aromatic N) is 2. The summed E-state index contributed by atoms with van der Waals surface area (Å²) in [6, 6.07) is 2.45. The highest BCUT2D eigenvalue weighted by atomic mass is 35.5. The Morgan fingerprint density at radius 3 is 2.83 bits per heavy atom. The predicted octanol–water partition coefficient (Wildman–Crippen LogP) is 4.88. The number of hydrogen-bond donors (Lipinski definition) is 3. The van der Waals surface area contributed by atoms with Gasteiger partial charge in [-0.1, -0.05) is 24.1 Å². The van der Waals surface area contributed by atoms with Crippen LogP contribution in [-0.4, -0.2) is 56.5 Å². The Morgan fingerprint density at radius 1 is 1.31 bits per heavy atom. The highest BCUT2D eigenvalue weighted by molar-refractivity contribution is 6.31. The number of aliphatic hydroxyl groups excluding tert-OH is 1. The number of amides is 3. The second-order valence-corrected chi connectivity index (χ2v) is 10.7. The summed E-state index contributed by atoms with van der Waals surface area (Å²) in [5.41, 5.74) is 1.78. The molecular formula is C26H28ClFN4O3. The van der Waals surface area contributed by atoms with Gasteiger partial charge in [0.15, 0.2) is 0 Å². The molecule has 2 aromatic rings. The molecule has 3 heterocycles. The second-order valence-electron chi connectivity index (χ2n) is 10.3. The zero-order valence-electron chi connectivity index (χ0n) is 19.5. The van der Waals surface area contributed by atoms with E-state index in [9.17, 15) is 19.1 Å². The smallest absolute Gasteiger partial charge is 0.328 e. The van der Waals surface area contributed by atoms with Crippen LogP contribution in [-0.2, 0) is 11.2 Å². The molecule has 7 nitrogen and oxygen atoms in total. The number of carbonyl (C=O) groups is 2. The van der Waals surface area contributed by atoms with Crippen molar-refractivity contribution < 1.29 is 19.1 Å². The average Bonchev–Trinajstić information content (AvgIpc) is 3.21. The van der Waals surface area contributed by atoms with E-state index in [1.165, 1.54) is 17.4 Å². The molecule has 2 fully saturated rings. The van der Waals surface area contributed by atoms with Gasteiger partial charge in [-0.05, 0) is 55.5 Å². The first-order valence-electron chi connectivity index (χ1n) is 12.3. The Bertz CT molecular complexity index is 1310. The molecule has 184 valence electrons. The number of aliphatic hydroxyl groups is 1. The number of H-pyrrole nitrogens is 1. The van der Waals surface area contributed by atoms with Crippen LogP contribution in [0, 0.1) is 5.82 Å². The van der Waals surface area contributed by atoms with Crippen LogP contribution in [0.5, 0.6) is 0 Å². The van der Waals surface area contributed by atoms with Crippen LogP contribution >= 0.6 is 11.6 Å². The van der Waals surface area contributed by atoms with Crippen molar-refractivity contribution in [3.05, 3.63) is 57.7 Å². The van der Waals surface area contributed by atoms with E-state index in [2.05, 4.69) is 10.3 Å². The summed E-state index contributed by atoms with van der Waals surface area (Å²) in [6.45, 7) is 2.67. The molecule has 0 radical (unpaired) electrons.